The van der Waals surface area contributed by atoms with Gasteiger partial charge in [-0.1, -0.05) is 30.3 Å². The summed E-state index contributed by atoms with van der Waals surface area (Å²) in [5.41, 5.74) is 3.01. The van der Waals surface area contributed by atoms with E-state index in [1.165, 1.54) is 47.4 Å². The van der Waals surface area contributed by atoms with Gasteiger partial charge in [0.05, 0.1) is 22.2 Å². The van der Waals surface area contributed by atoms with Crippen LogP contribution in [0.1, 0.15) is 15.9 Å². The third-order valence-electron chi connectivity index (χ3n) is 5.55. The molecule has 0 saturated heterocycles. The van der Waals surface area contributed by atoms with Gasteiger partial charge in [0.25, 0.3) is 5.91 Å². The summed E-state index contributed by atoms with van der Waals surface area (Å²) < 4.78 is 16.5. The highest BCUT2D eigenvalue weighted by atomic mass is 31.2. The lowest BCUT2D eigenvalue weighted by Gasteiger charge is -2.15. The average Bonchev–Trinajstić information content (AvgIpc) is 2.95. The lowest BCUT2D eigenvalue weighted by molar-refractivity contribution is -0.113. The van der Waals surface area contributed by atoms with Crippen LogP contribution in [-0.2, 0) is 9.36 Å². The van der Waals surface area contributed by atoms with Crippen molar-refractivity contribution < 1.29 is 28.7 Å². The molecule has 2 N–H and O–H groups in total. The second kappa shape index (κ2) is 12.2. The molecule has 4 rings (SSSR count). The summed E-state index contributed by atoms with van der Waals surface area (Å²) in [5, 5.41) is 8.21. The maximum atomic E-state index is 12.5. The molecule has 0 aliphatic carbocycles. The molecule has 0 spiro atoms. The number of carbonyl (C=O) groups excluding carboxylic acids is 2. The van der Waals surface area contributed by atoms with Gasteiger partial charge in [0.1, 0.15) is 5.75 Å². The highest BCUT2D eigenvalue weighted by molar-refractivity contribution is 7.60. The van der Waals surface area contributed by atoms with Crippen LogP contribution in [0.25, 0.3) is 6.08 Å². The molecular formula is C29H24N3O6P. The number of carbonyl (C=O) groups is 2. The minimum atomic E-state index is -4.37. The van der Waals surface area contributed by atoms with Crippen LogP contribution in [0.15, 0.2) is 119 Å². The first-order valence-corrected chi connectivity index (χ1v) is 13.3. The Kier molecular flexibility index (Phi) is 8.58. The average molecular weight is 542 g/mol. The maximum Gasteiger partial charge on any atom is 0.356 e. The minimum Gasteiger partial charge on any atom is -0.423 e. The summed E-state index contributed by atoms with van der Waals surface area (Å²) in [6.45, 7) is 0. The Morgan fingerprint density at radius 1 is 0.795 bits per heavy atom. The van der Waals surface area contributed by atoms with Gasteiger partial charge in [-0.15, -0.1) is 0 Å². The van der Waals surface area contributed by atoms with E-state index in [9.17, 15) is 14.2 Å². The van der Waals surface area contributed by atoms with Gasteiger partial charge in [-0.25, -0.2) is 4.79 Å². The number of ether oxygens (including phenoxy) is 1. The van der Waals surface area contributed by atoms with Crippen molar-refractivity contribution in [2.75, 3.05) is 11.9 Å². The first kappa shape index (κ1) is 27.3. The predicted molar refractivity (Wildman–Crippen MR) is 149 cm³/mol. The Morgan fingerprint density at radius 2 is 1.36 bits per heavy atom. The zero-order valence-electron chi connectivity index (χ0n) is 20.8. The van der Waals surface area contributed by atoms with Crippen molar-refractivity contribution in [3.8, 4) is 5.75 Å². The number of nitrogens with zero attached hydrogens (tertiary/aromatic N) is 3. The van der Waals surface area contributed by atoms with Crippen molar-refractivity contribution in [3.63, 3.8) is 0 Å². The Bertz CT molecular complexity index is 1550. The first-order chi connectivity index (χ1) is 18.7. The van der Waals surface area contributed by atoms with Gasteiger partial charge in [0.2, 0.25) is 0 Å². The van der Waals surface area contributed by atoms with E-state index in [4.69, 9.17) is 14.5 Å². The fraction of sp³-hybridized carbons (Fsp3) is 0.0345. The number of rotatable bonds is 8. The molecular weight excluding hydrogens is 517 g/mol. The number of likely N-dealkylation sites (N-methyl/N-ethyl adjacent to an activating group) is 1. The van der Waals surface area contributed by atoms with Crippen LogP contribution >= 0.6 is 7.60 Å². The Hall–Kier alpha value is -4.69. The van der Waals surface area contributed by atoms with Crippen molar-refractivity contribution in [1.29, 1.82) is 0 Å². The van der Waals surface area contributed by atoms with Gasteiger partial charge in [-0.3, -0.25) is 9.36 Å². The molecule has 39 heavy (non-hydrogen) atoms. The number of benzene rings is 4. The number of hydrogen-bond donors (Lipinski definition) is 2. The third-order valence-corrected chi connectivity index (χ3v) is 6.52. The molecule has 0 fully saturated rings. The molecule has 0 heterocycles. The van der Waals surface area contributed by atoms with E-state index in [0.29, 0.717) is 17.1 Å². The molecule has 4 aromatic carbocycles. The number of hydrogen-bond acceptors (Lipinski definition) is 6. The molecule has 0 unspecified atom stereocenters. The highest BCUT2D eigenvalue weighted by Crippen LogP contribution is 2.33. The van der Waals surface area contributed by atoms with Gasteiger partial charge < -0.3 is 19.4 Å². The number of esters is 1. The van der Waals surface area contributed by atoms with Crippen LogP contribution in [0.3, 0.4) is 0 Å². The summed E-state index contributed by atoms with van der Waals surface area (Å²) in [5.74, 6) is -0.635. The standard InChI is InChI=1S/C29H24N3O6P/c1-32(28(33)20-7-21-5-3-2-4-6-21)25-14-12-24(13-15-25)31-30-23-10-8-22(9-11-23)29(34)38-26-16-18-27(19-17-26)39(35,36)37/h2-20H,1H3,(H2,35,36,37)/b20-7+,31-30+. The molecule has 10 heteroatoms. The molecule has 0 aromatic heterocycles. The molecule has 0 radical (unpaired) electrons. The highest BCUT2D eigenvalue weighted by Gasteiger charge is 2.17. The Balaban J connectivity index is 1.33. The molecule has 9 nitrogen and oxygen atoms in total. The van der Waals surface area contributed by atoms with Gasteiger partial charge in [0.15, 0.2) is 0 Å². The van der Waals surface area contributed by atoms with E-state index in [1.807, 2.05) is 30.3 Å². The quantitative estimate of drug-likeness (QED) is 0.0954. The molecule has 0 saturated carbocycles. The lowest BCUT2D eigenvalue weighted by atomic mass is 10.2. The van der Waals surface area contributed by atoms with Crippen LogP contribution in [0.4, 0.5) is 17.1 Å². The Morgan fingerprint density at radius 3 is 1.92 bits per heavy atom. The van der Waals surface area contributed by atoms with Crippen molar-refractivity contribution >= 4 is 47.9 Å². The smallest absolute Gasteiger partial charge is 0.356 e. The summed E-state index contributed by atoms with van der Waals surface area (Å²) in [6, 6.07) is 27.9. The van der Waals surface area contributed by atoms with Gasteiger partial charge in [-0.05, 0) is 84.4 Å². The van der Waals surface area contributed by atoms with Crippen molar-refractivity contribution in [3.05, 3.63) is 120 Å². The Labute approximate surface area is 224 Å². The molecule has 196 valence electrons. The lowest BCUT2D eigenvalue weighted by Crippen LogP contribution is -2.23. The SMILES string of the molecule is CN(C(=O)/C=C/c1ccccc1)c1ccc(/N=N/c2ccc(C(=O)Oc3ccc(P(=O)(O)O)cc3)cc2)cc1. The fourth-order valence-corrected chi connectivity index (χ4v) is 3.91. The molecule has 4 aromatic rings. The largest absolute Gasteiger partial charge is 0.423 e. The van der Waals surface area contributed by atoms with E-state index in [2.05, 4.69) is 10.2 Å². The summed E-state index contributed by atoms with van der Waals surface area (Å²) in [7, 11) is -2.67. The molecule has 0 aliphatic rings. The summed E-state index contributed by atoms with van der Waals surface area (Å²) in [6.07, 6.45) is 3.28. The van der Waals surface area contributed by atoms with E-state index >= 15 is 0 Å². The third kappa shape index (κ3) is 7.66. The second-order valence-corrected chi connectivity index (χ2v) is 9.94. The predicted octanol–water partition coefficient (Wildman–Crippen LogP) is 5.80. The van der Waals surface area contributed by atoms with Crippen LogP contribution in [0.5, 0.6) is 5.75 Å². The number of anilines is 1. The van der Waals surface area contributed by atoms with Crippen LogP contribution < -0.4 is 14.9 Å². The summed E-state index contributed by atoms with van der Waals surface area (Å²) >= 11 is 0. The zero-order valence-corrected chi connectivity index (χ0v) is 21.7. The molecule has 0 bridgehead atoms. The monoisotopic (exact) mass is 541 g/mol. The van der Waals surface area contributed by atoms with Crippen molar-refractivity contribution in [2.45, 2.75) is 0 Å². The first-order valence-electron chi connectivity index (χ1n) is 11.7. The second-order valence-electron chi connectivity index (χ2n) is 8.33. The number of amides is 1. The van der Waals surface area contributed by atoms with Crippen molar-refractivity contribution in [2.24, 2.45) is 10.2 Å². The fourth-order valence-electron chi connectivity index (χ4n) is 3.37. The molecule has 0 aliphatic heterocycles. The topological polar surface area (TPSA) is 129 Å². The van der Waals surface area contributed by atoms with E-state index in [1.54, 1.807) is 49.5 Å². The molecule has 0 atom stereocenters. The van der Waals surface area contributed by atoms with Gasteiger partial charge in [-0.2, -0.15) is 10.2 Å². The van der Waals surface area contributed by atoms with Crippen LogP contribution in [-0.4, -0.2) is 28.7 Å². The van der Waals surface area contributed by atoms with E-state index in [-0.39, 0.29) is 22.5 Å². The van der Waals surface area contributed by atoms with Crippen molar-refractivity contribution in [1.82, 2.24) is 0 Å². The normalized spacial score (nSPS) is 11.6. The maximum absolute atomic E-state index is 12.5. The summed E-state index contributed by atoms with van der Waals surface area (Å²) in [4.78, 5) is 44.7. The minimum absolute atomic E-state index is 0.156. The van der Waals surface area contributed by atoms with E-state index in [0.717, 1.165) is 5.56 Å². The van der Waals surface area contributed by atoms with Gasteiger partial charge in [0, 0.05) is 18.8 Å². The molecule has 1 amide bonds. The van der Waals surface area contributed by atoms with E-state index < -0.39 is 13.6 Å². The number of azo groups is 1. The zero-order chi connectivity index (χ0) is 27.8. The van der Waals surface area contributed by atoms with Gasteiger partial charge >= 0.3 is 13.6 Å². The van der Waals surface area contributed by atoms with Crippen LogP contribution in [0, 0.1) is 0 Å². The van der Waals surface area contributed by atoms with Crippen LogP contribution in [0.2, 0.25) is 0 Å².